The van der Waals surface area contributed by atoms with E-state index in [0.29, 0.717) is 0 Å². The molecule has 0 aromatic heterocycles. The normalized spacial score (nSPS) is 13.4. The van der Waals surface area contributed by atoms with Crippen LogP contribution in [0.4, 0.5) is 17.6 Å². The van der Waals surface area contributed by atoms with Crippen molar-refractivity contribution in [3.63, 3.8) is 0 Å². The maximum absolute atomic E-state index is 11.2. The molecule has 1 atom stereocenters. The monoisotopic (exact) mass is 233 g/mol. The number of hydrogen-bond donors (Lipinski definition) is 0. The topological polar surface area (TPSA) is 0 Å². The fourth-order valence-corrected chi connectivity index (χ4v) is 0.262. The van der Waals surface area contributed by atoms with Crippen molar-refractivity contribution in [2.45, 2.75) is 11.6 Å². The van der Waals surface area contributed by atoms with Gasteiger partial charge in [0, 0.05) is 5.88 Å². The third-order valence-corrected chi connectivity index (χ3v) is 1.36. The van der Waals surface area contributed by atoms with Crippen LogP contribution in [-0.4, -0.2) is 17.4 Å². The van der Waals surface area contributed by atoms with Gasteiger partial charge in [0.2, 0.25) is 6.13 Å². The Kier molecular flexibility index (Phi) is 9.32. The quantitative estimate of drug-likeness (QED) is 0.479. The van der Waals surface area contributed by atoms with Crippen molar-refractivity contribution in [3.05, 3.63) is 6.13 Å². The summed E-state index contributed by atoms with van der Waals surface area (Å²) in [5.41, 5.74) is 0. The number of alkyl halides is 5. The molecule has 69 valence electrons. The minimum Gasteiger partial charge on any atom is -0.225 e. The highest BCUT2D eigenvalue weighted by Crippen LogP contribution is 2.25. The van der Waals surface area contributed by atoms with Crippen molar-refractivity contribution in [3.8, 4) is 0 Å². The molecule has 0 saturated heterocycles. The SMILES string of the molecule is FC(F)(F)C(Cl)CCl.F[CH]Cl. The molecule has 0 aromatic rings. The van der Waals surface area contributed by atoms with Crippen molar-refractivity contribution >= 4 is 34.8 Å². The molecule has 0 saturated carbocycles. The highest BCUT2D eigenvalue weighted by molar-refractivity contribution is 6.28. The summed E-state index contributed by atoms with van der Waals surface area (Å²) in [6.45, 7) is 0. The minimum absolute atomic E-state index is 0.0278. The van der Waals surface area contributed by atoms with Gasteiger partial charge in [-0.05, 0) is 0 Å². The highest BCUT2D eigenvalue weighted by Gasteiger charge is 2.37. The molecule has 0 rings (SSSR count). The molecule has 0 aliphatic rings. The van der Waals surface area contributed by atoms with Crippen molar-refractivity contribution in [1.82, 2.24) is 0 Å². The largest absolute Gasteiger partial charge is 0.406 e. The Labute approximate surface area is 76.4 Å². The summed E-state index contributed by atoms with van der Waals surface area (Å²) >= 11 is 13.7. The molecular weight excluding hydrogens is 230 g/mol. The van der Waals surface area contributed by atoms with Crippen LogP contribution in [0.3, 0.4) is 0 Å². The lowest BCUT2D eigenvalue weighted by Crippen LogP contribution is -2.24. The van der Waals surface area contributed by atoms with E-state index in [1.165, 1.54) is 0 Å². The van der Waals surface area contributed by atoms with Crippen molar-refractivity contribution in [1.29, 1.82) is 0 Å². The molecule has 0 heterocycles. The van der Waals surface area contributed by atoms with Gasteiger partial charge < -0.3 is 0 Å². The minimum atomic E-state index is -4.36. The van der Waals surface area contributed by atoms with E-state index in [9.17, 15) is 17.6 Å². The van der Waals surface area contributed by atoms with E-state index in [-0.39, 0.29) is 6.13 Å². The van der Waals surface area contributed by atoms with Crippen LogP contribution in [-0.2, 0) is 0 Å². The second-order valence-electron chi connectivity index (χ2n) is 1.25. The Hall–Kier alpha value is 0.590. The molecule has 0 aliphatic carbocycles. The summed E-state index contributed by atoms with van der Waals surface area (Å²) in [6.07, 6.45) is -4.39. The van der Waals surface area contributed by atoms with Crippen molar-refractivity contribution in [2.75, 3.05) is 5.88 Å². The first-order chi connectivity index (χ1) is 4.90. The third kappa shape index (κ3) is 10.6. The first kappa shape index (κ1) is 14.1. The Bertz CT molecular complexity index is 83.9. The zero-order valence-electron chi connectivity index (χ0n) is 5.01. The van der Waals surface area contributed by atoms with Gasteiger partial charge in [-0.25, -0.2) is 4.39 Å². The third-order valence-electron chi connectivity index (χ3n) is 0.491. The van der Waals surface area contributed by atoms with Crippen LogP contribution < -0.4 is 0 Å². The van der Waals surface area contributed by atoms with E-state index in [0.717, 1.165) is 0 Å². The molecule has 0 aromatic carbocycles. The van der Waals surface area contributed by atoms with Crippen LogP contribution in [0, 0.1) is 6.13 Å². The fraction of sp³-hybridized carbons (Fsp3) is 0.750. The molecule has 0 bridgehead atoms. The summed E-state index contributed by atoms with van der Waals surface area (Å²) in [5, 5.41) is -1.91. The van der Waals surface area contributed by atoms with E-state index in [1.807, 2.05) is 0 Å². The average molecular weight is 234 g/mol. The molecule has 1 unspecified atom stereocenters. The van der Waals surface area contributed by atoms with E-state index in [2.05, 4.69) is 23.2 Å². The molecule has 0 N–H and O–H groups in total. The molecule has 11 heavy (non-hydrogen) atoms. The predicted molar refractivity (Wildman–Crippen MR) is 37.7 cm³/mol. The van der Waals surface area contributed by atoms with Gasteiger partial charge in [-0.3, -0.25) is 0 Å². The summed E-state index contributed by atoms with van der Waals surface area (Å²) in [7, 11) is 0. The lowest BCUT2D eigenvalue weighted by atomic mass is 10.5. The second-order valence-corrected chi connectivity index (χ2v) is 2.25. The van der Waals surface area contributed by atoms with Crippen LogP contribution in [0.25, 0.3) is 0 Å². The van der Waals surface area contributed by atoms with Gasteiger partial charge in [-0.1, -0.05) is 11.6 Å². The number of halogens is 7. The van der Waals surface area contributed by atoms with Crippen LogP contribution >= 0.6 is 34.8 Å². The molecule has 0 fully saturated rings. The van der Waals surface area contributed by atoms with Crippen LogP contribution in [0.15, 0.2) is 0 Å². The Balaban J connectivity index is 0. The molecular formula is C4H4Cl3F4. The molecule has 0 amide bonds. The van der Waals surface area contributed by atoms with Gasteiger partial charge in [-0.2, -0.15) is 13.2 Å². The predicted octanol–water partition coefficient (Wildman–Crippen LogP) is 3.71. The first-order valence-electron chi connectivity index (χ1n) is 2.19. The van der Waals surface area contributed by atoms with Gasteiger partial charge in [0.05, 0.1) is 0 Å². The lowest BCUT2D eigenvalue weighted by molar-refractivity contribution is -0.126. The van der Waals surface area contributed by atoms with Gasteiger partial charge in [0.15, 0.2) is 0 Å². The van der Waals surface area contributed by atoms with E-state index in [1.54, 1.807) is 0 Å². The highest BCUT2D eigenvalue weighted by atomic mass is 35.5. The summed E-state index contributed by atoms with van der Waals surface area (Å²) in [4.78, 5) is 0. The number of hydrogen-bond acceptors (Lipinski definition) is 0. The first-order valence-corrected chi connectivity index (χ1v) is 3.59. The van der Waals surface area contributed by atoms with Crippen molar-refractivity contribution < 1.29 is 17.6 Å². The summed E-state index contributed by atoms with van der Waals surface area (Å²) in [5.74, 6) is -0.592. The van der Waals surface area contributed by atoms with E-state index in [4.69, 9.17) is 11.6 Å². The van der Waals surface area contributed by atoms with Crippen LogP contribution in [0.1, 0.15) is 0 Å². The van der Waals surface area contributed by atoms with Crippen LogP contribution in [0.5, 0.6) is 0 Å². The fourth-order valence-electron chi connectivity index (χ4n) is 0.0875. The Morgan fingerprint density at radius 3 is 1.64 bits per heavy atom. The molecule has 7 heteroatoms. The Morgan fingerprint density at radius 2 is 1.64 bits per heavy atom. The molecule has 0 aliphatic heterocycles. The van der Waals surface area contributed by atoms with Gasteiger partial charge in [-0.15, -0.1) is 23.2 Å². The summed E-state index contributed by atoms with van der Waals surface area (Å²) < 4.78 is 43.6. The van der Waals surface area contributed by atoms with Gasteiger partial charge in [0.25, 0.3) is 0 Å². The van der Waals surface area contributed by atoms with Gasteiger partial charge in [0.1, 0.15) is 5.38 Å². The van der Waals surface area contributed by atoms with Gasteiger partial charge >= 0.3 is 6.18 Å². The average Bonchev–Trinajstić information content (AvgIpc) is 1.86. The maximum atomic E-state index is 11.2. The van der Waals surface area contributed by atoms with E-state index >= 15 is 0 Å². The molecule has 0 nitrogen and oxygen atoms in total. The molecule has 0 spiro atoms. The maximum Gasteiger partial charge on any atom is 0.406 e. The van der Waals surface area contributed by atoms with Crippen LogP contribution in [0.2, 0.25) is 0 Å². The smallest absolute Gasteiger partial charge is 0.225 e. The summed E-state index contributed by atoms with van der Waals surface area (Å²) in [6, 6.07) is 0. The number of rotatable bonds is 1. The molecule has 1 radical (unpaired) electrons. The van der Waals surface area contributed by atoms with Crippen molar-refractivity contribution in [2.24, 2.45) is 0 Å². The Morgan fingerprint density at radius 1 is 1.36 bits per heavy atom. The standard InChI is InChI=1S/C3H3Cl2F3.CHClF/c4-1-2(5)3(6,7)8;2-1-3/h2H,1H2;1H. The van der Waals surface area contributed by atoms with E-state index < -0.39 is 17.4 Å². The lowest BCUT2D eigenvalue weighted by Gasteiger charge is -2.08. The zero-order chi connectivity index (χ0) is 9.49. The zero-order valence-corrected chi connectivity index (χ0v) is 7.28. The second kappa shape index (κ2) is 7.25.